The summed E-state index contributed by atoms with van der Waals surface area (Å²) in [6, 6.07) is 7.73. The number of amides is 1. The van der Waals surface area contributed by atoms with E-state index in [0.717, 1.165) is 30.0 Å². The summed E-state index contributed by atoms with van der Waals surface area (Å²) in [6.45, 7) is 4.90. The average molecular weight is 430 g/mol. The Balaban J connectivity index is 1.50. The molecule has 8 nitrogen and oxygen atoms in total. The molecule has 0 spiro atoms. The van der Waals surface area contributed by atoms with Gasteiger partial charge in [-0.3, -0.25) is 4.79 Å². The maximum Gasteiger partial charge on any atom is 0.220 e. The number of aryl methyl sites for hydroxylation is 1. The summed E-state index contributed by atoms with van der Waals surface area (Å²) in [5, 5.41) is 2.96. The minimum atomic E-state index is -0.0279. The van der Waals surface area contributed by atoms with Gasteiger partial charge in [0, 0.05) is 32.3 Å². The number of aromatic nitrogens is 1. The Labute approximate surface area is 183 Å². The van der Waals surface area contributed by atoms with Crippen molar-refractivity contribution < 1.29 is 23.7 Å². The van der Waals surface area contributed by atoms with Gasteiger partial charge in [-0.2, -0.15) is 0 Å². The number of carbonyl (C=O) groups is 1. The van der Waals surface area contributed by atoms with Gasteiger partial charge in [-0.05, 0) is 42.7 Å². The third-order valence-corrected chi connectivity index (χ3v) is 5.23. The summed E-state index contributed by atoms with van der Waals surface area (Å²) in [5.74, 6) is 2.62. The van der Waals surface area contributed by atoms with Crippen molar-refractivity contribution in [1.82, 2.24) is 10.3 Å². The third kappa shape index (κ3) is 6.01. The van der Waals surface area contributed by atoms with Crippen molar-refractivity contribution in [3.63, 3.8) is 0 Å². The molecule has 2 aromatic rings. The van der Waals surface area contributed by atoms with Gasteiger partial charge in [0.2, 0.25) is 11.7 Å². The van der Waals surface area contributed by atoms with Crippen molar-refractivity contribution in [2.45, 2.75) is 32.4 Å². The quantitative estimate of drug-likeness (QED) is 0.656. The summed E-state index contributed by atoms with van der Waals surface area (Å²) in [5.41, 5.74) is 1.90. The molecule has 1 unspecified atom stereocenters. The smallest absolute Gasteiger partial charge is 0.220 e. The van der Waals surface area contributed by atoms with Gasteiger partial charge in [0.25, 0.3) is 0 Å². The molecule has 1 aromatic carbocycles. The van der Waals surface area contributed by atoms with Crippen LogP contribution in [0, 0.1) is 0 Å². The van der Waals surface area contributed by atoms with Gasteiger partial charge < -0.3 is 29.2 Å². The highest BCUT2D eigenvalue weighted by atomic mass is 16.5. The number of hydrogen-bond acceptors (Lipinski definition) is 7. The molecule has 0 bridgehead atoms. The van der Waals surface area contributed by atoms with Crippen LogP contribution >= 0.6 is 0 Å². The van der Waals surface area contributed by atoms with Gasteiger partial charge in [-0.25, -0.2) is 4.98 Å². The Bertz CT molecular complexity index is 847. The molecule has 1 aliphatic heterocycles. The Morgan fingerprint density at radius 2 is 1.90 bits per heavy atom. The highest BCUT2D eigenvalue weighted by Gasteiger charge is 2.18. The van der Waals surface area contributed by atoms with Gasteiger partial charge >= 0.3 is 0 Å². The first-order chi connectivity index (χ1) is 15.0. The fourth-order valence-corrected chi connectivity index (χ4v) is 3.56. The second-order valence-electron chi connectivity index (χ2n) is 7.46. The molecule has 2 heterocycles. The lowest BCUT2D eigenvalue weighted by atomic mass is 10.1. The molecule has 0 radical (unpaired) electrons. The maximum absolute atomic E-state index is 12.3. The Hall–Kier alpha value is -3.00. The van der Waals surface area contributed by atoms with E-state index in [-0.39, 0.29) is 12.0 Å². The zero-order chi connectivity index (χ0) is 22.2. The lowest BCUT2D eigenvalue weighted by molar-refractivity contribution is -0.121. The average Bonchev–Trinajstić information content (AvgIpc) is 2.80. The topological polar surface area (TPSA) is 82.2 Å². The van der Waals surface area contributed by atoms with Crippen molar-refractivity contribution in [3.8, 4) is 17.2 Å². The van der Waals surface area contributed by atoms with E-state index < -0.39 is 0 Å². The van der Waals surface area contributed by atoms with Crippen molar-refractivity contribution in [2.75, 3.05) is 45.9 Å². The number of hydrogen-bond donors (Lipinski definition) is 1. The van der Waals surface area contributed by atoms with E-state index >= 15 is 0 Å². The SMILES string of the molecule is COc1cc(CCC(=O)NCc2ccc(N3CCOC(C)C3)nc2)cc(OC)c1OC. The molecule has 1 aliphatic rings. The molecule has 1 aromatic heterocycles. The number of methoxy groups -OCH3 is 3. The number of nitrogens with one attached hydrogen (secondary N) is 1. The molecular formula is C23H31N3O5. The first-order valence-corrected chi connectivity index (χ1v) is 10.4. The van der Waals surface area contributed by atoms with Crippen LogP contribution in [0.5, 0.6) is 17.2 Å². The monoisotopic (exact) mass is 429 g/mol. The molecule has 1 saturated heterocycles. The van der Waals surface area contributed by atoms with Crippen molar-refractivity contribution in [2.24, 2.45) is 0 Å². The highest BCUT2D eigenvalue weighted by molar-refractivity contribution is 5.76. The number of morpholine rings is 1. The van der Waals surface area contributed by atoms with E-state index in [2.05, 4.69) is 22.1 Å². The molecule has 168 valence electrons. The van der Waals surface area contributed by atoms with Crippen LogP contribution < -0.4 is 24.4 Å². The summed E-state index contributed by atoms with van der Waals surface area (Å²) >= 11 is 0. The van der Waals surface area contributed by atoms with Crippen LogP contribution in [0.1, 0.15) is 24.5 Å². The predicted molar refractivity (Wildman–Crippen MR) is 118 cm³/mol. The summed E-state index contributed by atoms with van der Waals surface area (Å²) in [7, 11) is 4.72. The number of rotatable bonds is 9. The molecule has 1 N–H and O–H groups in total. The maximum atomic E-state index is 12.3. The molecule has 3 rings (SSSR count). The fraction of sp³-hybridized carbons (Fsp3) is 0.478. The lowest BCUT2D eigenvalue weighted by Gasteiger charge is -2.32. The van der Waals surface area contributed by atoms with Gasteiger partial charge in [0.05, 0.1) is 34.0 Å². The number of nitrogens with zero attached hydrogens (tertiary/aromatic N) is 2. The Morgan fingerprint density at radius 3 is 2.48 bits per heavy atom. The first kappa shape index (κ1) is 22.7. The number of carbonyl (C=O) groups excluding carboxylic acids is 1. The van der Waals surface area contributed by atoms with Crippen LogP contribution in [-0.2, 0) is 22.5 Å². The summed E-state index contributed by atoms with van der Waals surface area (Å²) in [6.07, 6.45) is 2.94. The number of anilines is 1. The molecule has 0 aliphatic carbocycles. The van der Waals surface area contributed by atoms with Crippen molar-refractivity contribution in [3.05, 3.63) is 41.6 Å². The first-order valence-electron chi connectivity index (χ1n) is 10.4. The number of ether oxygens (including phenoxy) is 4. The predicted octanol–water partition coefficient (Wildman–Crippen LogP) is 2.58. The molecule has 1 fully saturated rings. The molecule has 31 heavy (non-hydrogen) atoms. The zero-order valence-corrected chi connectivity index (χ0v) is 18.6. The van der Waals surface area contributed by atoms with Gasteiger partial charge in [0.1, 0.15) is 5.82 Å². The Morgan fingerprint density at radius 1 is 1.16 bits per heavy atom. The van der Waals surface area contributed by atoms with Crippen LogP contribution in [-0.4, -0.2) is 58.0 Å². The van der Waals surface area contributed by atoms with Crippen molar-refractivity contribution >= 4 is 11.7 Å². The van der Waals surface area contributed by atoms with E-state index in [1.165, 1.54) is 0 Å². The minimum absolute atomic E-state index is 0.0279. The minimum Gasteiger partial charge on any atom is -0.493 e. The molecule has 8 heteroatoms. The second kappa shape index (κ2) is 10.9. The standard InChI is InChI=1S/C23H31N3O5/c1-16-15-26(9-10-31-16)21-7-5-18(13-24-21)14-25-22(27)8-6-17-11-19(28-2)23(30-4)20(12-17)29-3/h5,7,11-13,16H,6,8-10,14-15H2,1-4H3,(H,25,27). The van der Waals surface area contributed by atoms with Crippen molar-refractivity contribution in [1.29, 1.82) is 0 Å². The van der Waals surface area contributed by atoms with E-state index in [1.54, 1.807) is 21.3 Å². The second-order valence-corrected chi connectivity index (χ2v) is 7.46. The van der Waals surface area contributed by atoms with Crippen LogP contribution in [0.25, 0.3) is 0 Å². The molecule has 1 atom stereocenters. The van der Waals surface area contributed by atoms with Gasteiger partial charge in [-0.15, -0.1) is 0 Å². The van der Waals surface area contributed by atoms with Crippen LogP contribution in [0.2, 0.25) is 0 Å². The normalized spacial score (nSPS) is 16.0. The van der Waals surface area contributed by atoms with Crippen LogP contribution in [0.15, 0.2) is 30.5 Å². The van der Waals surface area contributed by atoms with Crippen LogP contribution in [0.3, 0.4) is 0 Å². The van der Waals surface area contributed by atoms with E-state index in [0.29, 0.717) is 43.2 Å². The van der Waals surface area contributed by atoms with E-state index in [1.807, 2.05) is 30.5 Å². The molecule has 0 saturated carbocycles. The van der Waals surface area contributed by atoms with Crippen LogP contribution in [0.4, 0.5) is 5.82 Å². The zero-order valence-electron chi connectivity index (χ0n) is 18.6. The fourth-order valence-electron chi connectivity index (χ4n) is 3.56. The largest absolute Gasteiger partial charge is 0.493 e. The summed E-state index contributed by atoms with van der Waals surface area (Å²) < 4.78 is 21.6. The highest BCUT2D eigenvalue weighted by Crippen LogP contribution is 2.38. The Kier molecular flexibility index (Phi) is 7.94. The molecular weight excluding hydrogens is 398 g/mol. The number of pyridine rings is 1. The van der Waals surface area contributed by atoms with Gasteiger partial charge in [0.15, 0.2) is 11.5 Å². The van der Waals surface area contributed by atoms with E-state index in [9.17, 15) is 4.79 Å². The molecule has 1 amide bonds. The van der Waals surface area contributed by atoms with Gasteiger partial charge in [-0.1, -0.05) is 6.07 Å². The lowest BCUT2D eigenvalue weighted by Crippen LogP contribution is -2.41. The summed E-state index contributed by atoms with van der Waals surface area (Å²) in [4.78, 5) is 19.1. The third-order valence-electron chi connectivity index (χ3n) is 5.23. The van der Waals surface area contributed by atoms with E-state index in [4.69, 9.17) is 18.9 Å². The number of benzene rings is 1.